The van der Waals surface area contributed by atoms with E-state index in [9.17, 15) is 4.79 Å². The van der Waals surface area contributed by atoms with Gasteiger partial charge in [-0.25, -0.2) is 0 Å². The lowest BCUT2D eigenvalue weighted by molar-refractivity contribution is 0.0951. The maximum Gasteiger partial charge on any atom is 0.251 e. The van der Waals surface area contributed by atoms with Crippen LogP contribution in [-0.4, -0.2) is 57.2 Å². The highest BCUT2D eigenvalue weighted by Crippen LogP contribution is 2.19. The van der Waals surface area contributed by atoms with Crippen LogP contribution in [0.1, 0.15) is 16.8 Å². The SMILES string of the molecule is COc1cccc(C(=O)NCCCN2CCN(c3ccc(Cl)cc3)CC2)c1. The van der Waals surface area contributed by atoms with Gasteiger partial charge in [-0.2, -0.15) is 0 Å². The van der Waals surface area contributed by atoms with E-state index in [4.69, 9.17) is 16.3 Å². The van der Waals surface area contributed by atoms with Crippen molar-refractivity contribution in [1.82, 2.24) is 10.2 Å². The maximum absolute atomic E-state index is 12.2. The minimum Gasteiger partial charge on any atom is -0.497 e. The first-order valence-electron chi connectivity index (χ1n) is 9.31. The van der Waals surface area contributed by atoms with E-state index < -0.39 is 0 Å². The second kappa shape index (κ2) is 9.62. The molecule has 1 aliphatic rings. The van der Waals surface area contributed by atoms with Crippen molar-refractivity contribution in [1.29, 1.82) is 0 Å². The Morgan fingerprint density at radius 1 is 1.11 bits per heavy atom. The molecule has 0 saturated carbocycles. The normalized spacial score (nSPS) is 14.8. The van der Waals surface area contributed by atoms with Gasteiger partial charge in [-0.3, -0.25) is 9.69 Å². The summed E-state index contributed by atoms with van der Waals surface area (Å²) in [5.41, 5.74) is 1.86. The highest BCUT2D eigenvalue weighted by Gasteiger charge is 2.16. The third-order valence-electron chi connectivity index (χ3n) is 4.83. The minimum absolute atomic E-state index is 0.0542. The summed E-state index contributed by atoms with van der Waals surface area (Å²) < 4.78 is 5.16. The molecule has 1 fully saturated rings. The van der Waals surface area contributed by atoms with Crippen molar-refractivity contribution in [3.63, 3.8) is 0 Å². The first kappa shape index (κ1) is 19.5. The maximum atomic E-state index is 12.2. The number of piperazine rings is 1. The van der Waals surface area contributed by atoms with Crippen molar-refractivity contribution in [2.45, 2.75) is 6.42 Å². The van der Waals surface area contributed by atoms with E-state index >= 15 is 0 Å². The fourth-order valence-corrected chi connectivity index (χ4v) is 3.38. The standard InChI is InChI=1S/C21H26ClN3O2/c1-27-20-5-2-4-17(16-20)21(26)23-10-3-11-24-12-14-25(15-13-24)19-8-6-18(22)7-9-19/h2,4-9,16H,3,10-15H2,1H3,(H,23,26). The number of rotatable bonds is 7. The number of methoxy groups -OCH3 is 1. The van der Waals surface area contributed by atoms with Crippen molar-refractivity contribution >= 4 is 23.2 Å². The molecule has 27 heavy (non-hydrogen) atoms. The van der Waals surface area contributed by atoms with Gasteiger partial charge < -0.3 is 15.0 Å². The van der Waals surface area contributed by atoms with Gasteiger partial charge in [0, 0.05) is 49.0 Å². The summed E-state index contributed by atoms with van der Waals surface area (Å²) in [6.45, 7) is 5.76. The van der Waals surface area contributed by atoms with Crippen LogP contribution in [0, 0.1) is 0 Å². The molecule has 1 heterocycles. The first-order chi connectivity index (χ1) is 13.2. The zero-order chi connectivity index (χ0) is 19.1. The van der Waals surface area contributed by atoms with Crippen molar-refractivity contribution in [2.24, 2.45) is 0 Å². The van der Waals surface area contributed by atoms with Crippen molar-refractivity contribution < 1.29 is 9.53 Å². The average Bonchev–Trinajstić information content (AvgIpc) is 2.72. The van der Waals surface area contributed by atoms with Gasteiger partial charge in [0.2, 0.25) is 0 Å². The molecule has 0 atom stereocenters. The molecule has 0 radical (unpaired) electrons. The van der Waals surface area contributed by atoms with Crippen LogP contribution in [0.2, 0.25) is 5.02 Å². The number of carbonyl (C=O) groups is 1. The number of benzene rings is 2. The molecule has 0 aromatic heterocycles. The molecule has 1 N–H and O–H groups in total. The number of nitrogens with zero attached hydrogens (tertiary/aromatic N) is 2. The van der Waals surface area contributed by atoms with Gasteiger partial charge in [-0.1, -0.05) is 17.7 Å². The lowest BCUT2D eigenvalue weighted by atomic mass is 10.2. The second-order valence-corrected chi connectivity index (χ2v) is 7.08. The van der Waals surface area contributed by atoms with E-state index in [2.05, 4.69) is 27.2 Å². The molecule has 6 heteroatoms. The molecule has 144 valence electrons. The fourth-order valence-electron chi connectivity index (χ4n) is 3.25. The van der Waals surface area contributed by atoms with E-state index in [0.717, 1.165) is 44.2 Å². The topological polar surface area (TPSA) is 44.8 Å². The molecule has 0 unspecified atom stereocenters. The van der Waals surface area contributed by atoms with Crippen LogP contribution in [0.5, 0.6) is 5.75 Å². The molecule has 0 bridgehead atoms. The van der Waals surface area contributed by atoms with Crippen molar-refractivity contribution in [3.05, 3.63) is 59.1 Å². The monoisotopic (exact) mass is 387 g/mol. The number of halogens is 1. The Morgan fingerprint density at radius 2 is 1.85 bits per heavy atom. The van der Waals surface area contributed by atoms with Gasteiger partial charge in [0.05, 0.1) is 7.11 Å². The van der Waals surface area contributed by atoms with Gasteiger partial charge in [-0.05, 0) is 55.4 Å². The predicted octanol–water partition coefficient (Wildman–Crippen LogP) is 3.29. The predicted molar refractivity (Wildman–Crippen MR) is 110 cm³/mol. The van der Waals surface area contributed by atoms with Crippen LogP contribution in [0.3, 0.4) is 0 Å². The molecule has 2 aromatic carbocycles. The van der Waals surface area contributed by atoms with Crippen LogP contribution in [0.15, 0.2) is 48.5 Å². The molecular formula is C21H26ClN3O2. The molecule has 3 rings (SSSR count). The third kappa shape index (κ3) is 5.62. The quantitative estimate of drug-likeness (QED) is 0.740. The molecule has 5 nitrogen and oxygen atoms in total. The summed E-state index contributed by atoms with van der Waals surface area (Å²) >= 11 is 5.96. The Morgan fingerprint density at radius 3 is 2.56 bits per heavy atom. The molecule has 1 aliphatic heterocycles. The average molecular weight is 388 g/mol. The van der Waals surface area contributed by atoms with Crippen LogP contribution in [0.4, 0.5) is 5.69 Å². The lowest BCUT2D eigenvalue weighted by Gasteiger charge is -2.36. The van der Waals surface area contributed by atoms with E-state index in [0.29, 0.717) is 17.9 Å². The molecule has 0 aliphatic carbocycles. The number of carbonyl (C=O) groups excluding carboxylic acids is 1. The highest BCUT2D eigenvalue weighted by atomic mass is 35.5. The smallest absolute Gasteiger partial charge is 0.251 e. The van der Waals surface area contributed by atoms with Crippen molar-refractivity contribution in [3.8, 4) is 5.75 Å². The Bertz CT molecular complexity index is 743. The third-order valence-corrected chi connectivity index (χ3v) is 5.08. The Balaban J connectivity index is 1.35. The molecule has 1 saturated heterocycles. The van der Waals surface area contributed by atoms with E-state index in [-0.39, 0.29) is 5.91 Å². The molecule has 2 aromatic rings. The van der Waals surface area contributed by atoms with E-state index in [1.54, 1.807) is 19.2 Å². The van der Waals surface area contributed by atoms with Gasteiger partial charge in [0.15, 0.2) is 0 Å². The number of hydrogen-bond donors (Lipinski definition) is 1. The van der Waals surface area contributed by atoms with Gasteiger partial charge in [-0.15, -0.1) is 0 Å². The number of nitrogens with one attached hydrogen (secondary N) is 1. The zero-order valence-corrected chi connectivity index (χ0v) is 16.4. The zero-order valence-electron chi connectivity index (χ0n) is 15.7. The summed E-state index contributed by atoms with van der Waals surface area (Å²) in [7, 11) is 1.60. The second-order valence-electron chi connectivity index (χ2n) is 6.65. The molecular weight excluding hydrogens is 362 g/mol. The van der Waals surface area contributed by atoms with E-state index in [1.165, 1.54) is 5.69 Å². The van der Waals surface area contributed by atoms with Gasteiger partial charge in [0.1, 0.15) is 5.75 Å². The number of ether oxygens (including phenoxy) is 1. The highest BCUT2D eigenvalue weighted by molar-refractivity contribution is 6.30. The van der Waals surface area contributed by atoms with Crippen LogP contribution < -0.4 is 15.0 Å². The lowest BCUT2D eigenvalue weighted by Crippen LogP contribution is -2.47. The largest absolute Gasteiger partial charge is 0.497 e. The summed E-state index contributed by atoms with van der Waals surface area (Å²) in [5, 5.41) is 3.76. The first-order valence-corrected chi connectivity index (χ1v) is 9.68. The molecule has 0 spiro atoms. The van der Waals surface area contributed by atoms with Crippen LogP contribution >= 0.6 is 11.6 Å². The summed E-state index contributed by atoms with van der Waals surface area (Å²) in [4.78, 5) is 17.0. The van der Waals surface area contributed by atoms with Crippen LogP contribution in [-0.2, 0) is 0 Å². The van der Waals surface area contributed by atoms with Gasteiger partial charge in [0.25, 0.3) is 5.91 Å². The number of hydrogen-bond acceptors (Lipinski definition) is 4. The Labute approximate surface area is 165 Å². The van der Waals surface area contributed by atoms with Crippen molar-refractivity contribution in [2.75, 3.05) is 51.3 Å². The Hall–Kier alpha value is -2.24. The number of anilines is 1. The Kier molecular flexibility index (Phi) is 6.96. The van der Waals surface area contributed by atoms with E-state index in [1.807, 2.05) is 24.3 Å². The fraction of sp³-hybridized carbons (Fsp3) is 0.381. The molecule has 1 amide bonds. The summed E-state index contributed by atoms with van der Waals surface area (Å²) in [6.07, 6.45) is 0.941. The van der Waals surface area contributed by atoms with Gasteiger partial charge >= 0.3 is 0 Å². The van der Waals surface area contributed by atoms with Crippen LogP contribution in [0.25, 0.3) is 0 Å². The summed E-state index contributed by atoms with van der Waals surface area (Å²) in [6, 6.07) is 15.2. The number of amides is 1. The minimum atomic E-state index is -0.0542. The summed E-state index contributed by atoms with van der Waals surface area (Å²) in [5.74, 6) is 0.641.